The minimum absolute atomic E-state index is 0.538. The first-order chi connectivity index (χ1) is 9.72. The summed E-state index contributed by atoms with van der Waals surface area (Å²) in [6.45, 7) is 3.55. The van der Waals surface area contributed by atoms with E-state index in [0.717, 1.165) is 10.9 Å². The molecule has 1 aromatic carbocycles. The van der Waals surface area contributed by atoms with Crippen LogP contribution in [0.25, 0.3) is 0 Å². The molecule has 2 saturated carbocycles. The van der Waals surface area contributed by atoms with Crippen molar-refractivity contribution in [3.8, 4) is 0 Å². The van der Waals surface area contributed by atoms with Gasteiger partial charge in [-0.3, -0.25) is 0 Å². The second kappa shape index (κ2) is 6.07. The van der Waals surface area contributed by atoms with Gasteiger partial charge in [-0.05, 0) is 61.1 Å². The van der Waals surface area contributed by atoms with E-state index in [1.807, 2.05) is 12.1 Å². The molecule has 110 valence electrons. The van der Waals surface area contributed by atoms with Crippen molar-refractivity contribution in [2.75, 3.05) is 6.54 Å². The molecular weight excluding hydrogens is 266 g/mol. The summed E-state index contributed by atoms with van der Waals surface area (Å²) in [6.07, 6.45) is 9.73. The molecule has 0 aliphatic heterocycles. The summed E-state index contributed by atoms with van der Waals surface area (Å²) in [6, 6.07) is 8.99. The zero-order valence-corrected chi connectivity index (χ0v) is 13.3. The third-order valence-corrected chi connectivity index (χ3v) is 5.69. The zero-order chi connectivity index (χ0) is 14.0. The van der Waals surface area contributed by atoms with Gasteiger partial charge >= 0.3 is 0 Å². The molecule has 1 unspecified atom stereocenters. The van der Waals surface area contributed by atoms with Gasteiger partial charge in [0.15, 0.2) is 0 Å². The van der Waals surface area contributed by atoms with Gasteiger partial charge < -0.3 is 5.32 Å². The number of halogens is 1. The molecule has 0 heterocycles. The quantitative estimate of drug-likeness (QED) is 0.745. The van der Waals surface area contributed by atoms with Gasteiger partial charge in [-0.1, -0.05) is 43.5 Å². The predicted octanol–water partition coefficient (Wildman–Crippen LogP) is 5.35. The maximum Gasteiger partial charge on any atom is 0.0406 e. The van der Waals surface area contributed by atoms with E-state index in [1.165, 1.54) is 57.1 Å². The van der Waals surface area contributed by atoms with Gasteiger partial charge in [0.2, 0.25) is 0 Å². The molecule has 3 rings (SSSR count). The van der Waals surface area contributed by atoms with E-state index in [-0.39, 0.29) is 0 Å². The Kier molecular flexibility index (Phi) is 4.37. The van der Waals surface area contributed by atoms with E-state index in [2.05, 4.69) is 24.4 Å². The van der Waals surface area contributed by atoms with Crippen LogP contribution in [0.4, 0.5) is 0 Å². The lowest BCUT2D eigenvalue weighted by molar-refractivity contribution is 0.250. The Morgan fingerprint density at radius 3 is 2.40 bits per heavy atom. The van der Waals surface area contributed by atoms with E-state index in [4.69, 9.17) is 11.6 Å². The first-order valence-corrected chi connectivity index (χ1v) is 8.59. The van der Waals surface area contributed by atoms with E-state index < -0.39 is 0 Å². The summed E-state index contributed by atoms with van der Waals surface area (Å²) in [5, 5.41) is 4.75. The number of benzene rings is 1. The van der Waals surface area contributed by atoms with Crippen LogP contribution in [0.15, 0.2) is 24.3 Å². The summed E-state index contributed by atoms with van der Waals surface area (Å²) >= 11 is 6.02. The van der Waals surface area contributed by atoms with Crippen LogP contribution in [0.1, 0.15) is 63.5 Å². The van der Waals surface area contributed by atoms with Crippen molar-refractivity contribution in [1.82, 2.24) is 5.32 Å². The summed E-state index contributed by atoms with van der Waals surface area (Å²) < 4.78 is 0. The number of hydrogen-bond donors (Lipinski definition) is 1. The van der Waals surface area contributed by atoms with E-state index in [1.54, 1.807) is 0 Å². The Labute approximate surface area is 128 Å². The van der Waals surface area contributed by atoms with Crippen LogP contribution in [0.3, 0.4) is 0 Å². The van der Waals surface area contributed by atoms with Gasteiger partial charge in [-0.2, -0.15) is 0 Å². The second-order valence-electron chi connectivity index (χ2n) is 6.81. The van der Waals surface area contributed by atoms with Crippen LogP contribution < -0.4 is 5.32 Å². The standard InChI is InChI=1S/C18H26ClN/c1-2-18(11-3-4-12-18)13-20-17(14-5-6-14)15-7-9-16(19)10-8-15/h7-10,14,17,20H,2-6,11-13H2,1H3. The molecule has 1 atom stereocenters. The normalized spacial score (nSPS) is 22.9. The van der Waals surface area contributed by atoms with Gasteiger partial charge in [0.05, 0.1) is 0 Å². The first-order valence-electron chi connectivity index (χ1n) is 8.21. The average Bonchev–Trinajstić information content (AvgIpc) is 3.19. The van der Waals surface area contributed by atoms with Crippen molar-refractivity contribution >= 4 is 11.6 Å². The minimum Gasteiger partial charge on any atom is -0.309 e. The number of hydrogen-bond acceptors (Lipinski definition) is 1. The van der Waals surface area contributed by atoms with E-state index in [0.29, 0.717) is 11.5 Å². The van der Waals surface area contributed by atoms with E-state index >= 15 is 0 Å². The highest BCUT2D eigenvalue weighted by atomic mass is 35.5. The van der Waals surface area contributed by atoms with Gasteiger partial charge in [-0.25, -0.2) is 0 Å². The van der Waals surface area contributed by atoms with Crippen molar-refractivity contribution in [3.63, 3.8) is 0 Å². The highest BCUT2D eigenvalue weighted by Gasteiger charge is 2.36. The Morgan fingerprint density at radius 1 is 1.20 bits per heavy atom. The molecule has 0 spiro atoms. The topological polar surface area (TPSA) is 12.0 Å². The molecule has 2 aliphatic rings. The molecule has 0 radical (unpaired) electrons. The van der Waals surface area contributed by atoms with Crippen LogP contribution in [0.2, 0.25) is 5.02 Å². The molecule has 20 heavy (non-hydrogen) atoms. The SMILES string of the molecule is CCC1(CNC(c2ccc(Cl)cc2)C2CC2)CCCC1. The molecule has 0 saturated heterocycles. The maximum atomic E-state index is 6.02. The minimum atomic E-state index is 0.538. The molecule has 1 aromatic rings. The fourth-order valence-electron chi connectivity index (χ4n) is 3.76. The number of nitrogens with one attached hydrogen (secondary N) is 1. The molecule has 2 aliphatic carbocycles. The Morgan fingerprint density at radius 2 is 1.85 bits per heavy atom. The second-order valence-corrected chi connectivity index (χ2v) is 7.24. The lowest BCUT2D eigenvalue weighted by Crippen LogP contribution is -2.35. The van der Waals surface area contributed by atoms with Crippen molar-refractivity contribution in [2.45, 2.75) is 57.9 Å². The third kappa shape index (κ3) is 3.20. The largest absolute Gasteiger partial charge is 0.309 e. The predicted molar refractivity (Wildman–Crippen MR) is 86.1 cm³/mol. The molecular formula is C18H26ClN. The Hall–Kier alpha value is -0.530. The van der Waals surface area contributed by atoms with Gasteiger partial charge in [-0.15, -0.1) is 0 Å². The smallest absolute Gasteiger partial charge is 0.0406 e. The summed E-state index contributed by atoms with van der Waals surface area (Å²) in [4.78, 5) is 0. The van der Waals surface area contributed by atoms with Crippen molar-refractivity contribution in [1.29, 1.82) is 0 Å². The first kappa shape index (κ1) is 14.4. The lowest BCUT2D eigenvalue weighted by Gasteiger charge is -2.31. The monoisotopic (exact) mass is 291 g/mol. The van der Waals surface area contributed by atoms with Crippen molar-refractivity contribution < 1.29 is 0 Å². The molecule has 2 heteroatoms. The fourth-order valence-corrected chi connectivity index (χ4v) is 3.89. The molecule has 1 nitrogen and oxygen atoms in total. The van der Waals surface area contributed by atoms with Crippen molar-refractivity contribution in [2.24, 2.45) is 11.3 Å². The van der Waals surface area contributed by atoms with Crippen LogP contribution in [0.5, 0.6) is 0 Å². The summed E-state index contributed by atoms with van der Waals surface area (Å²) in [7, 11) is 0. The molecule has 2 fully saturated rings. The van der Waals surface area contributed by atoms with Crippen LogP contribution in [-0.2, 0) is 0 Å². The third-order valence-electron chi connectivity index (χ3n) is 5.43. The fraction of sp³-hybridized carbons (Fsp3) is 0.667. The van der Waals surface area contributed by atoms with E-state index in [9.17, 15) is 0 Å². The van der Waals surface area contributed by atoms with Gasteiger partial charge in [0.25, 0.3) is 0 Å². The lowest BCUT2D eigenvalue weighted by atomic mass is 9.83. The van der Waals surface area contributed by atoms with Gasteiger partial charge in [0, 0.05) is 17.6 Å². The maximum absolute atomic E-state index is 6.02. The molecule has 1 N–H and O–H groups in total. The van der Waals surface area contributed by atoms with Crippen LogP contribution in [0, 0.1) is 11.3 Å². The Bertz CT molecular complexity index is 429. The highest BCUT2D eigenvalue weighted by molar-refractivity contribution is 6.30. The van der Waals surface area contributed by atoms with Crippen LogP contribution in [-0.4, -0.2) is 6.54 Å². The molecule has 0 amide bonds. The zero-order valence-electron chi connectivity index (χ0n) is 12.5. The number of rotatable bonds is 6. The Balaban J connectivity index is 1.67. The summed E-state index contributed by atoms with van der Waals surface area (Å²) in [5.41, 5.74) is 1.99. The molecule has 0 aromatic heterocycles. The molecule has 0 bridgehead atoms. The van der Waals surface area contributed by atoms with Crippen molar-refractivity contribution in [3.05, 3.63) is 34.9 Å². The van der Waals surface area contributed by atoms with Gasteiger partial charge in [0.1, 0.15) is 0 Å². The average molecular weight is 292 g/mol. The van der Waals surface area contributed by atoms with Crippen LogP contribution >= 0.6 is 11.6 Å². The summed E-state index contributed by atoms with van der Waals surface area (Å²) in [5.74, 6) is 0.839. The highest BCUT2D eigenvalue weighted by Crippen LogP contribution is 2.44.